The molecule has 2 nitrogen and oxygen atoms in total. The summed E-state index contributed by atoms with van der Waals surface area (Å²) in [4.78, 5) is 11.8. The predicted octanol–water partition coefficient (Wildman–Crippen LogP) is 5.06. The van der Waals surface area contributed by atoms with E-state index in [0.717, 1.165) is 19.3 Å². The van der Waals surface area contributed by atoms with E-state index in [9.17, 15) is 23.1 Å². The van der Waals surface area contributed by atoms with Crippen LogP contribution in [0, 0.1) is 35.0 Å². The number of rotatable bonds is 1. The van der Waals surface area contributed by atoms with Gasteiger partial charge in [-0.05, 0) is 80.6 Å². The van der Waals surface area contributed by atoms with Crippen LogP contribution in [-0.4, -0.2) is 22.7 Å². The van der Waals surface area contributed by atoms with E-state index >= 15 is 0 Å². The minimum Gasteiger partial charge on any atom is -0.380 e. The smallest absolute Gasteiger partial charge is 0.380 e. The van der Waals surface area contributed by atoms with Crippen molar-refractivity contribution in [2.75, 3.05) is 0 Å². The van der Waals surface area contributed by atoms with Gasteiger partial charge in [-0.2, -0.15) is 13.2 Å². The summed E-state index contributed by atoms with van der Waals surface area (Å²) >= 11 is 0. The van der Waals surface area contributed by atoms with Crippen molar-refractivity contribution in [3.05, 3.63) is 11.6 Å². The third-order valence-electron chi connectivity index (χ3n) is 8.59. The van der Waals surface area contributed by atoms with Gasteiger partial charge in [0.2, 0.25) is 0 Å². The molecule has 0 radical (unpaired) electrons. The Balaban J connectivity index is 1.73. The molecular weight excluding hydrogens is 341 g/mol. The molecule has 0 saturated heterocycles. The number of carbonyl (C=O) groups is 1. The van der Waals surface area contributed by atoms with Crippen LogP contribution < -0.4 is 0 Å². The van der Waals surface area contributed by atoms with Gasteiger partial charge < -0.3 is 5.11 Å². The van der Waals surface area contributed by atoms with Crippen LogP contribution in [0.1, 0.15) is 65.2 Å². The van der Waals surface area contributed by atoms with Crippen molar-refractivity contribution in [1.29, 1.82) is 0 Å². The molecule has 3 saturated carbocycles. The highest BCUT2D eigenvalue weighted by Gasteiger charge is 2.73. The number of hydrogen-bond donors (Lipinski definition) is 1. The molecule has 0 aromatic rings. The molecule has 0 aromatic carbocycles. The summed E-state index contributed by atoms with van der Waals surface area (Å²) in [7, 11) is 0. The van der Waals surface area contributed by atoms with Gasteiger partial charge in [-0.25, -0.2) is 0 Å². The minimum atomic E-state index is -4.56. The zero-order valence-electron chi connectivity index (χ0n) is 15.6. The summed E-state index contributed by atoms with van der Waals surface area (Å²) in [6, 6.07) is 0. The van der Waals surface area contributed by atoms with Crippen LogP contribution in [0.5, 0.6) is 0 Å². The highest BCUT2D eigenvalue weighted by molar-refractivity contribution is 5.91. The van der Waals surface area contributed by atoms with Crippen molar-refractivity contribution in [3.8, 4) is 0 Å². The van der Waals surface area contributed by atoms with Crippen LogP contribution in [0.4, 0.5) is 13.2 Å². The second-order valence-electron chi connectivity index (χ2n) is 9.30. The Morgan fingerprint density at radius 3 is 2.62 bits per heavy atom. The minimum absolute atomic E-state index is 0.0629. The Bertz CT molecular complexity index is 640. The first-order chi connectivity index (χ1) is 12.1. The SMILES string of the molecule is CCC12CCC3C4CCC(=O)C=C4C[C@H](C)C3C1CC[C@]2(O)C(F)(F)F. The summed E-state index contributed by atoms with van der Waals surface area (Å²) in [5, 5.41) is 10.8. The number of allylic oxidation sites excluding steroid dienone is 1. The molecule has 0 bridgehead atoms. The lowest BCUT2D eigenvalue weighted by molar-refractivity contribution is -0.307. The van der Waals surface area contributed by atoms with Gasteiger partial charge in [0.05, 0.1) is 0 Å². The molecular formula is C21H29F3O2. The lowest BCUT2D eigenvalue weighted by Gasteiger charge is -2.58. The zero-order chi connectivity index (χ0) is 18.9. The molecule has 0 amide bonds. The van der Waals surface area contributed by atoms with Crippen molar-refractivity contribution < 1.29 is 23.1 Å². The number of halogens is 3. The maximum absolute atomic E-state index is 13.9. The Morgan fingerprint density at radius 2 is 1.96 bits per heavy atom. The van der Waals surface area contributed by atoms with E-state index in [0.29, 0.717) is 37.5 Å². The number of carbonyl (C=O) groups excluding carboxylic acids is 1. The van der Waals surface area contributed by atoms with Gasteiger partial charge in [0.15, 0.2) is 11.4 Å². The second-order valence-corrected chi connectivity index (χ2v) is 9.30. The maximum atomic E-state index is 13.9. The lowest BCUT2D eigenvalue weighted by Crippen LogP contribution is -2.61. The van der Waals surface area contributed by atoms with E-state index in [2.05, 4.69) is 6.92 Å². The molecule has 0 spiro atoms. The Labute approximate surface area is 153 Å². The number of hydrogen-bond acceptors (Lipinski definition) is 2. The van der Waals surface area contributed by atoms with E-state index in [4.69, 9.17) is 0 Å². The fraction of sp³-hybridized carbons (Fsp3) is 0.857. The molecule has 5 unspecified atom stereocenters. The molecule has 0 heterocycles. The number of fused-ring (bicyclic) bond motifs is 5. The van der Waals surface area contributed by atoms with Crippen molar-refractivity contribution in [2.45, 2.75) is 77.0 Å². The Hall–Kier alpha value is -0.840. The summed E-state index contributed by atoms with van der Waals surface area (Å²) in [6.45, 7) is 3.97. The number of aliphatic hydroxyl groups is 1. The summed E-state index contributed by atoms with van der Waals surface area (Å²) in [5.41, 5.74) is -2.34. The monoisotopic (exact) mass is 370 g/mol. The van der Waals surface area contributed by atoms with Crippen LogP contribution >= 0.6 is 0 Å². The Kier molecular flexibility index (Phi) is 4.15. The number of alkyl halides is 3. The third kappa shape index (κ3) is 2.25. The molecule has 4 aliphatic carbocycles. The van der Waals surface area contributed by atoms with Gasteiger partial charge in [-0.3, -0.25) is 4.79 Å². The number of ketones is 1. The van der Waals surface area contributed by atoms with E-state index in [1.807, 2.05) is 13.0 Å². The van der Waals surface area contributed by atoms with Crippen molar-refractivity contribution in [1.82, 2.24) is 0 Å². The fourth-order valence-corrected chi connectivity index (χ4v) is 7.58. The van der Waals surface area contributed by atoms with Crippen LogP contribution in [-0.2, 0) is 4.79 Å². The topological polar surface area (TPSA) is 37.3 Å². The van der Waals surface area contributed by atoms with Crippen LogP contribution in [0.25, 0.3) is 0 Å². The highest BCUT2D eigenvalue weighted by atomic mass is 19.4. The second kappa shape index (κ2) is 5.83. The molecule has 3 fully saturated rings. The molecule has 7 atom stereocenters. The average molecular weight is 370 g/mol. The van der Waals surface area contributed by atoms with Crippen LogP contribution in [0.3, 0.4) is 0 Å². The summed E-state index contributed by atoms with van der Waals surface area (Å²) < 4.78 is 41.7. The van der Waals surface area contributed by atoms with Gasteiger partial charge in [-0.15, -0.1) is 0 Å². The highest BCUT2D eigenvalue weighted by Crippen LogP contribution is 2.69. The molecule has 5 heteroatoms. The first-order valence-corrected chi connectivity index (χ1v) is 10.2. The third-order valence-corrected chi connectivity index (χ3v) is 8.59. The van der Waals surface area contributed by atoms with Crippen LogP contribution in [0.15, 0.2) is 11.6 Å². The predicted molar refractivity (Wildman–Crippen MR) is 92.3 cm³/mol. The molecule has 146 valence electrons. The van der Waals surface area contributed by atoms with Crippen molar-refractivity contribution in [2.24, 2.45) is 35.0 Å². The van der Waals surface area contributed by atoms with E-state index in [1.54, 1.807) is 0 Å². The van der Waals surface area contributed by atoms with Crippen LogP contribution in [0.2, 0.25) is 0 Å². The molecule has 4 rings (SSSR count). The normalized spacial score (nSPS) is 48.5. The zero-order valence-corrected chi connectivity index (χ0v) is 15.6. The van der Waals surface area contributed by atoms with Crippen molar-refractivity contribution in [3.63, 3.8) is 0 Å². The van der Waals surface area contributed by atoms with E-state index in [-0.39, 0.29) is 30.0 Å². The molecule has 0 aromatic heterocycles. The average Bonchev–Trinajstić information content (AvgIpc) is 2.89. The fourth-order valence-electron chi connectivity index (χ4n) is 7.58. The molecule has 1 N–H and O–H groups in total. The van der Waals surface area contributed by atoms with Gasteiger partial charge >= 0.3 is 6.18 Å². The summed E-state index contributed by atoms with van der Waals surface area (Å²) in [5.74, 6) is 1.39. The summed E-state index contributed by atoms with van der Waals surface area (Å²) in [6.07, 6.45) is 1.41. The van der Waals surface area contributed by atoms with Gasteiger partial charge in [0, 0.05) is 11.8 Å². The van der Waals surface area contributed by atoms with Gasteiger partial charge in [0.1, 0.15) is 0 Å². The quantitative estimate of drug-likeness (QED) is 0.701. The molecule has 4 aliphatic rings. The maximum Gasteiger partial charge on any atom is 0.417 e. The lowest BCUT2D eigenvalue weighted by atomic mass is 9.47. The van der Waals surface area contributed by atoms with Crippen molar-refractivity contribution >= 4 is 5.78 Å². The first-order valence-electron chi connectivity index (χ1n) is 10.2. The molecule has 26 heavy (non-hydrogen) atoms. The first kappa shape index (κ1) is 18.5. The van der Waals surface area contributed by atoms with E-state index < -0.39 is 17.2 Å². The van der Waals surface area contributed by atoms with Gasteiger partial charge in [-0.1, -0.05) is 19.4 Å². The Morgan fingerprint density at radius 1 is 1.23 bits per heavy atom. The largest absolute Gasteiger partial charge is 0.417 e. The molecule has 0 aliphatic heterocycles. The van der Waals surface area contributed by atoms with E-state index in [1.165, 1.54) is 5.57 Å². The standard InChI is InChI=1S/C21H29F3O2/c1-3-19-8-6-16-15-5-4-14(25)11-13(15)10-12(2)18(16)17(19)7-9-20(19,26)21(22,23)24/h11-12,15-18,26H,3-10H2,1-2H3/t12-,15?,16?,17?,18?,19?,20+/m0/s1. The van der Waals surface area contributed by atoms with Gasteiger partial charge in [0.25, 0.3) is 0 Å².